The lowest BCUT2D eigenvalue weighted by Crippen LogP contribution is -1.95. The third-order valence-corrected chi connectivity index (χ3v) is 2.94. The smallest absolute Gasteiger partial charge is 0.0198 e. The summed E-state index contributed by atoms with van der Waals surface area (Å²) in [5.41, 5.74) is 8.00. The van der Waals surface area contributed by atoms with Gasteiger partial charge in [-0.25, -0.2) is 0 Å². The monoisotopic (exact) mass is 174 g/mol. The van der Waals surface area contributed by atoms with Crippen molar-refractivity contribution < 1.29 is 0 Å². The van der Waals surface area contributed by atoms with E-state index < -0.39 is 0 Å². The molecule has 0 aromatic heterocycles. The van der Waals surface area contributed by atoms with Gasteiger partial charge >= 0.3 is 0 Å². The van der Waals surface area contributed by atoms with Crippen LogP contribution < -0.4 is 0 Å². The van der Waals surface area contributed by atoms with Crippen molar-refractivity contribution in [2.75, 3.05) is 0 Å². The lowest BCUT2D eigenvalue weighted by molar-refractivity contribution is 1.20. The Kier molecular flexibility index (Phi) is 2.60. The summed E-state index contributed by atoms with van der Waals surface area (Å²) in [6.45, 7) is 14.8. The van der Waals surface area contributed by atoms with Gasteiger partial charge in [0.25, 0.3) is 0 Å². The Balaban J connectivity index is 3.50. The molecule has 0 radical (unpaired) electrons. The first-order chi connectivity index (χ1) is 5.95. The van der Waals surface area contributed by atoms with Crippen LogP contribution in [0, 0.1) is 27.7 Å². The molecule has 0 aliphatic rings. The average Bonchev–Trinajstić information content (AvgIpc) is 2.07. The van der Waals surface area contributed by atoms with Crippen LogP contribution in [0.3, 0.4) is 0 Å². The van der Waals surface area contributed by atoms with E-state index in [0.29, 0.717) is 0 Å². The molecule has 1 rings (SSSR count). The first-order valence-corrected chi connectivity index (χ1v) is 4.68. The molecule has 0 heteroatoms. The SMILES string of the molecule is C=C(C)c1cc(C)c(C)c(C)c1C. The van der Waals surface area contributed by atoms with Gasteiger partial charge in [-0.1, -0.05) is 18.2 Å². The van der Waals surface area contributed by atoms with Gasteiger partial charge < -0.3 is 0 Å². The summed E-state index contributed by atoms with van der Waals surface area (Å²) in [6.07, 6.45) is 0. The van der Waals surface area contributed by atoms with Crippen molar-refractivity contribution in [1.29, 1.82) is 0 Å². The van der Waals surface area contributed by atoms with E-state index >= 15 is 0 Å². The average molecular weight is 174 g/mol. The topological polar surface area (TPSA) is 0 Å². The second kappa shape index (κ2) is 3.37. The van der Waals surface area contributed by atoms with Crippen molar-refractivity contribution in [1.82, 2.24) is 0 Å². The van der Waals surface area contributed by atoms with Crippen molar-refractivity contribution in [2.24, 2.45) is 0 Å². The quantitative estimate of drug-likeness (QED) is 0.604. The van der Waals surface area contributed by atoms with E-state index in [9.17, 15) is 0 Å². The fourth-order valence-electron chi connectivity index (χ4n) is 1.66. The molecular formula is C13H18. The van der Waals surface area contributed by atoms with Crippen molar-refractivity contribution >= 4 is 5.57 Å². The van der Waals surface area contributed by atoms with Crippen LogP contribution in [0.2, 0.25) is 0 Å². The molecule has 0 nitrogen and oxygen atoms in total. The highest BCUT2D eigenvalue weighted by Crippen LogP contribution is 2.25. The van der Waals surface area contributed by atoms with Gasteiger partial charge in [-0.3, -0.25) is 0 Å². The second-order valence-electron chi connectivity index (χ2n) is 3.90. The first kappa shape index (κ1) is 10.0. The van der Waals surface area contributed by atoms with Crippen molar-refractivity contribution in [3.63, 3.8) is 0 Å². The van der Waals surface area contributed by atoms with Gasteiger partial charge in [-0.15, -0.1) is 0 Å². The van der Waals surface area contributed by atoms with Crippen LogP contribution in [0.15, 0.2) is 12.6 Å². The molecule has 0 atom stereocenters. The molecule has 0 amide bonds. The Morgan fingerprint density at radius 1 is 1.00 bits per heavy atom. The minimum absolute atomic E-state index is 1.16. The predicted octanol–water partition coefficient (Wildman–Crippen LogP) is 3.95. The van der Waals surface area contributed by atoms with Crippen LogP contribution in [0.5, 0.6) is 0 Å². The van der Waals surface area contributed by atoms with Gasteiger partial charge in [-0.05, 0) is 62.4 Å². The summed E-state index contributed by atoms with van der Waals surface area (Å²) in [5.74, 6) is 0. The standard InChI is InChI=1S/C13H18/c1-8(2)13-7-9(3)10(4)11(5)12(13)6/h7H,1H2,2-6H3. The molecule has 0 aliphatic heterocycles. The minimum Gasteiger partial charge on any atom is -0.0955 e. The summed E-state index contributed by atoms with van der Waals surface area (Å²) in [6, 6.07) is 2.24. The van der Waals surface area contributed by atoms with Crippen molar-refractivity contribution in [3.05, 3.63) is 40.5 Å². The Morgan fingerprint density at radius 2 is 1.54 bits per heavy atom. The highest BCUT2D eigenvalue weighted by molar-refractivity contribution is 5.67. The largest absolute Gasteiger partial charge is 0.0955 e. The maximum absolute atomic E-state index is 4.00. The highest BCUT2D eigenvalue weighted by Gasteiger charge is 2.06. The zero-order valence-corrected chi connectivity index (χ0v) is 9.28. The molecule has 1 aromatic carbocycles. The van der Waals surface area contributed by atoms with Crippen LogP contribution in [-0.4, -0.2) is 0 Å². The number of hydrogen-bond acceptors (Lipinski definition) is 0. The summed E-state index contributed by atoms with van der Waals surface area (Å²) in [5, 5.41) is 0. The van der Waals surface area contributed by atoms with E-state index in [-0.39, 0.29) is 0 Å². The molecule has 0 saturated carbocycles. The number of rotatable bonds is 1. The van der Waals surface area contributed by atoms with Gasteiger partial charge in [0.15, 0.2) is 0 Å². The lowest BCUT2D eigenvalue weighted by atomic mass is 9.92. The highest BCUT2D eigenvalue weighted by atomic mass is 14.1. The van der Waals surface area contributed by atoms with Crippen LogP contribution in [0.1, 0.15) is 34.7 Å². The van der Waals surface area contributed by atoms with Crippen LogP contribution in [0.4, 0.5) is 0 Å². The molecule has 0 N–H and O–H groups in total. The Hall–Kier alpha value is -1.04. The number of hydrogen-bond donors (Lipinski definition) is 0. The second-order valence-corrected chi connectivity index (χ2v) is 3.90. The van der Waals surface area contributed by atoms with Gasteiger partial charge in [0, 0.05) is 0 Å². The van der Waals surface area contributed by atoms with E-state index in [4.69, 9.17) is 0 Å². The molecule has 0 unspecified atom stereocenters. The summed E-state index contributed by atoms with van der Waals surface area (Å²) in [7, 11) is 0. The number of benzene rings is 1. The summed E-state index contributed by atoms with van der Waals surface area (Å²) in [4.78, 5) is 0. The number of aryl methyl sites for hydroxylation is 1. The molecule has 70 valence electrons. The third-order valence-electron chi connectivity index (χ3n) is 2.94. The van der Waals surface area contributed by atoms with E-state index in [1.165, 1.54) is 27.8 Å². The summed E-state index contributed by atoms with van der Waals surface area (Å²) >= 11 is 0. The van der Waals surface area contributed by atoms with Crippen LogP contribution in [-0.2, 0) is 0 Å². The first-order valence-electron chi connectivity index (χ1n) is 4.68. The van der Waals surface area contributed by atoms with Crippen LogP contribution >= 0.6 is 0 Å². The Morgan fingerprint density at radius 3 is 2.00 bits per heavy atom. The van der Waals surface area contributed by atoms with E-state index in [1.807, 2.05) is 0 Å². The molecular weight excluding hydrogens is 156 g/mol. The molecule has 0 aliphatic carbocycles. The van der Waals surface area contributed by atoms with Crippen molar-refractivity contribution in [3.8, 4) is 0 Å². The van der Waals surface area contributed by atoms with E-state index in [0.717, 1.165) is 5.57 Å². The number of allylic oxidation sites excluding steroid dienone is 1. The maximum Gasteiger partial charge on any atom is -0.0198 e. The van der Waals surface area contributed by atoms with Gasteiger partial charge in [0.1, 0.15) is 0 Å². The Bertz CT molecular complexity index is 357. The van der Waals surface area contributed by atoms with Crippen molar-refractivity contribution in [2.45, 2.75) is 34.6 Å². The lowest BCUT2D eigenvalue weighted by Gasteiger charge is -2.13. The fraction of sp³-hybridized carbons (Fsp3) is 0.385. The predicted molar refractivity (Wildman–Crippen MR) is 60.1 cm³/mol. The Labute approximate surface area is 81.3 Å². The van der Waals surface area contributed by atoms with Crippen LogP contribution in [0.25, 0.3) is 5.57 Å². The minimum atomic E-state index is 1.16. The summed E-state index contributed by atoms with van der Waals surface area (Å²) < 4.78 is 0. The van der Waals surface area contributed by atoms with Gasteiger partial charge in [0.05, 0.1) is 0 Å². The molecule has 0 heterocycles. The zero-order chi connectivity index (χ0) is 10.2. The van der Waals surface area contributed by atoms with Gasteiger partial charge in [0.2, 0.25) is 0 Å². The maximum atomic E-state index is 4.00. The third kappa shape index (κ3) is 1.67. The molecule has 1 aromatic rings. The zero-order valence-electron chi connectivity index (χ0n) is 9.28. The molecule has 0 bridgehead atoms. The molecule has 0 spiro atoms. The normalized spacial score (nSPS) is 10.2. The van der Waals surface area contributed by atoms with E-state index in [2.05, 4.69) is 47.3 Å². The fourth-order valence-corrected chi connectivity index (χ4v) is 1.66. The molecule has 0 fully saturated rings. The van der Waals surface area contributed by atoms with Gasteiger partial charge in [-0.2, -0.15) is 0 Å². The molecule has 13 heavy (non-hydrogen) atoms. The molecule has 0 saturated heterocycles. The van der Waals surface area contributed by atoms with E-state index in [1.54, 1.807) is 0 Å².